The number of likely N-dealkylation sites (N-methyl/N-ethyl adjacent to an activating group) is 2. The molecule has 4 aromatic heterocycles. The van der Waals surface area contributed by atoms with E-state index >= 15 is 0 Å². The molecule has 358 valence electrons. The van der Waals surface area contributed by atoms with Gasteiger partial charge in [0.15, 0.2) is 0 Å². The first-order valence-corrected chi connectivity index (χ1v) is 25.7. The molecule has 8 aliphatic rings. The lowest BCUT2D eigenvalue weighted by Gasteiger charge is -2.62. The quantitative estimate of drug-likeness (QED) is 0.170. The van der Waals surface area contributed by atoms with Gasteiger partial charge in [-0.3, -0.25) is 22.9 Å². The SMILES string of the molecule is C.CN1CCN(c2ccc(N)cc2)CC1.CN1CCN(c2ccc(S(=O)c3ncc4cc(C#N)c(=O)n(C56CC(C5)C6)c4n3)cc2)CC1.CS(=O)c1ncc2cc(C#N)c(=O)n(C34CC(C3)C4)c2n1. The van der Waals surface area contributed by atoms with E-state index in [2.05, 4.69) is 65.8 Å². The Morgan fingerprint density at radius 3 is 1.39 bits per heavy atom. The van der Waals surface area contributed by atoms with Crippen LogP contribution in [0.15, 0.2) is 97.9 Å². The Kier molecular flexibility index (Phi) is 13.0. The van der Waals surface area contributed by atoms with Crippen molar-refractivity contribution in [1.29, 1.82) is 10.5 Å². The summed E-state index contributed by atoms with van der Waals surface area (Å²) in [6.45, 7) is 8.50. The van der Waals surface area contributed by atoms with E-state index in [4.69, 9.17) is 11.0 Å². The van der Waals surface area contributed by atoms with Crippen LogP contribution in [0, 0.1) is 34.5 Å². The molecule has 2 aliphatic heterocycles. The number of piperazine rings is 2. The normalized spacial score (nSPS) is 24.2. The molecule has 4 bridgehead atoms. The van der Waals surface area contributed by atoms with E-state index in [1.54, 1.807) is 21.5 Å². The first kappa shape index (κ1) is 47.7. The first-order valence-electron chi connectivity index (χ1n) is 23.0. The minimum atomic E-state index is -1.57. The number of hydrogen-bond acceptors (Lipinski definition) is 15. The minimum absolute atomic E-state index is 0. The lowest BCUT2D eigenvalue weighted by Crippen LogP contribution is -2.62. The molecule has 6 aromatic rings. The van der Waals surface area contributed by atoms with Gasteiger partial charge in [-0.2, -0.15) is 10.5 Å². The fourth-order valence-corrected chi connectivity index (χ4v) is 11.9. The highest BCUT2D eigenvalue weighted by Crippen LogP contribution is 2.63. The molecule has 2 N–H and O–H groups in total. The highest BCUT2D eigenvalue weighted by Gasteiger charge is 2.60. The second kappa shape index (κ2) is 18.8. The third-order valence-electron chi connectivity index (χ3n) is 14.7. The molecule has 2 aromatic carbocycles. The number of benzene rings is 2. The standard InChI is InChI=1S/C24H24N6O2S.C14H12N4O2S.C11H17N3.CH4/c1-28-6-8-29(9-7-28)19-2-4-20(5-3-19)33(32)23-26-15-18-10-17(14-25)22(31)30(21(18)27-23)24-11-16(12-24)13-24;1-21(20)13-16-7-10-2-9(6-15)12(19)18(11(10)17-13)14-3-8(4-14)5-14;1-13-6-8-14(9-7-13)11-4-2-10(12)3-5-11;/h2-5,10,15-16H,6-9,11-13H2,1H3;2,7-8H,3-5H2,1H3;2-5H,6-9,12H2,1H3;1H4. The Morgan fingerprint density at radius 1 is 0.623 bits per heavy atom. The highest BCUT2D eigenvalue weighted by molar-refractivity contribution is 7.85. The molecule has 6 aliphatic carbocycles. The van der Waals surface area contributed by atoms with E-state index in [0.29, 0.717) is 38.8 Å². The molecule has 2 unspecified atom stereocenters. The van der Waals surface area contributed by atoms with Crippen LogP contribution in [0.2, 0.25) is 0 Å². The zero-order chi connectivity index (χ0) is 47.5. The van der Waals surface area contributed by atoms with Crippen molar-refractivity contribution in [2.75, 3.05) is 88.2 Å². The molecule has 6 heterocycles. The number of pyridine rings is 2. The number of anilines is 3. The number of nitrogen functional groups attached to an aromatic ring is 1. The largest absolute Gasteiger partial charge is 0.399 e. The van der Waals surface area contributed by atoms with Crippen LogP contribution in [0.5, 0.6) is 0 Å². The van der Waals surface area contributed by atoms with Crippen molar-refractivity contribution in [3.8, 4) is 12.1 Å². The van der Waals surface area contributed by atoms with Crippen LogP contribution in [0.3, 0.4) is 0 Å². The molecule has 19 heteroatoms. The minimum Gasteiger partial charge on any atom is -0.399 e. The summed E-state index contributed by atoms with van der Waals surface area (Å²) < 4.78 is 28.2. The topological polar surface area (TPSA) is 216 Å². The maximum atomic E-state index is 13.3. The number of rotatable bonds is 7. The predicted octanol–water partition coefficient (Wildman–Crippen LogP) is 4.66. The van der Waals surface area contributed by atoms with Crippen molar-refractivity contribution in [1.82, 2.24) is 38.9 Å². The summed E-state index contributed by atoms with van der Waals surface area (Å²) in [6.07, 6.45) is 10.3. The number of hydrogen-bond donors (Lipinski definition) is 1. The number of fused-ring (bicyclic) bond motifs is 2. The molecule has 8 fully saturated rings. The van der Waals surface area contributed by atoms with E-state index in [1.807, 2.05) is 48.5 Å². The van der Waals surface area contributed by atoms with E-state index in [-0.39, 0.29) is 51.1 Å². The van der Waals surface area contributed by atoms with Gasteiger partial charge in [0.2, 0.25) is 10.3 Å². The van der Waals surface area contributed by atoms with Crippen molar-refractivity contribution in [2.24, 2.45) is 11.8 Å². The van der Waals surface area contributed by atoms with Gasteiger partial charge in [0.05, 0.1) is 21.9 Å². The fraction of sp³-hybridized carbons (Fsp3) is 0.440. The predicted molar refractivity (Wildman–Crippen MR) is 268 cm³/mol. The Morgan fingerprint density at radius 2 is 1.01 bits per heavy atom. The first-order chi connectivity index (χ1) is 32.8. The van der Waals surface area contributed by atoms with Gasteiger partial charge in [0.1, 0.15) is 45.4 Å². The monoisotopic (exact) mass is 967 g/mol. The second-order valence-corrected chi connectivity index (χ2v) is 21.9. The fourth-order valence-electron chi connectivity index (χ4n) is 10.5. The molecule has 2 atom stereocenters. The Hall–Kier alpha value is -6.38. The van der Waals surface area contributed by atoms with Crippen molar-refractivity contribution in [2.45, 2.75) is 72.2 Å². The molecular formula is C50H57N13O4S2. The van der Waals surface area contributed by atoms with Crippen LogP contribution in [0.25, 0.3) is 22.1 Å². The van der Waals surface area contributed by atoms with E-state index < -0.39 is 21.6 Å². The van der Waals surface area contributed by atoms with Crippen LogP contribution < -0.4 is 26.7 Å². The van der Waals surface area contributed by atoms with Gasteiger partial charge >= 0.3 is 0 Å². The molecule has 0 amide bonds. The third-order valence-corrected chi connectivity index (χ3v) is 16.7. The Labute approximate surface area is 406 Å². The van der Waals surface area contributed by atoms with Gasteiger partial charge < -0.3 is 25.3 Å². The van der Waals surface area contributed by atoms with Crippen molar-refractivity contribution in [3.63, 3.8) is 0 Å². The second-order valence-electron chi connectivity index (χ2n) is 19.3. The molecule has 6 saturated carbocycles. The number of nitrogens with zero attached hydrogens (tertiary/aromatic N) is 12. The maximum Gasteiger partial charge on any atom is 0.270 e. The lowest BCUT2D eigenvalue weighted by atomic mass is 9.49. The molecular weight excluding hydrogens is 911 g/mol. The van der Waals surface area contributed by atoms with E-state index in [9.17, 15) is 23.3 Å². The van der Waals surface area contributed by atoms with E-state index in [0.717, 1.165) is 102 Å². The molecule has 2 saturated heterocycles. The van der Waals surface area contributed by atoms with Crippen LogP contribution in [0.1, 0.15) is 57.1 Å². The number of nitriles is 2. The zero-order valence-corrected chi connectivity index (χ0v) is 40.0. The maximum absolute atomic E-state index is 13.3. The lowest BCUT2D eigenvalue weighted by molar-refractivity contribution is -0.0885. The summed E-state index contributed by atoms with van der Waals surface area (Å²) in [5.41, 5.74) is 9.04. The molecule has 0 radical (unpaired) electrons. The number of aromatic nitrogens is 6. The van der Waals surface area contributed by atoms with E-state index in [1.165, 1.54) is 24.1 Å². The summed E-state index contributed by atoms with van der Waals surface area (Å²) in [5.74, 6) is 1.35. The molecule has 14 rings (SSSR count). The third kappa shape index (κ3) is 8.82. The van der Waals surface area contributed by atoms with Crippen LogP contribution in [-0.4, -0.2) is 120 Å². The molecule has 0 spiro atoms. The molecule has 69 heavy (non-hydrogen) atoms. The summed E-state index contributed by atoms with van der Waals surface area (Å²) in [7, 11) is 1.42. The van der Waals surface area contributed by atoms with Crippen LogP contribution in [0.4, 0.5) is 17.1 Å². The summed E-state index contributed by atoms with van der Waals surface area (Å²) in [4.78, 5) is 52.9. The van der Waals surface area contributed by atoms with Crippen LogP contribution >= 0.6 is 0 Å². The Bertz CT molecular complexity index is 3170. The van der Waals surface area contributed by atoms with Gasteiger partial charge in [0, 0.05) is 104 Å². The van der Waals surface area contributed by atoms with Crippen molar-refractivity contribution >= 4 is 60.7 Å². The van der Waals surface area contributed by atoms with Crippen LogP contribution in [-0.2, 0) is 32.7 Å². The van der Waals surface area contributed by atoms with Gasteiger partial charge in [-0.25, -0.2) is 24.1 Å². The highest BCUT2D eigenvalue weighted by atomic mass is 32.2. The molecule has 17 nitrogen and oxygen atoms in total. The Balaban J connectivity index is 0.000000141. The summed E-state index contributed by atoms with van der Waals surface area (Å²) in [6, 6.07) is 22.9. The zero-order valence-electron chi connectivity index (χ0n) is 38.4. The van der Waals surface area contributed by atoms with Gasteiger partial charge in [-0.15, -0.1) is 0 Å². The number of nitrogens with two attached hydrogens (primary N) is 1. The van der Waals surface area contributed by atoms with Crippen molar-refractivity contribution < 1.29 is 8.42 Å². The summed E-state index contributed by atoms with van der Waals surface area (Å²) in [5, 5.41) is 20.3. The smallest absolute Gasteiger partial charge is 0.270 e. The van der Waals surface area contributed by atoms with Crippen molar-refractivity contribution in [3.05, 3.63) is 105 Å². The van der Waals surface area contributed by atoms with Gasteiger partial charge in [0.25, 0.3) is 11.1 Å². The van der Waals surface area contributed by atoms with Gasteiger partial charge in [-0.1, -0.05) is 7.43 Å². The average molecular weight is 968 g/mol. The average Bonchev–Trinajstić information content (AvgIpc) is 3.29. The summed E-state index contributed by atoms with van der Waals surface area (Å²) >= 11 is 0. The van der Waals surface area contributed by atoms with Gasteiger partial charge in [-0.05, 0) is 125 Å².